The quantitative estimate of drug-likeness (QED) is 0.663. The summed E-state index contributed by atoms with van der Waals surface area (Å²) in [5, 5.41) is 0. The van der Waals surface area contributed by atoms with Crippen LogP contribution < -0.4 is 11.5 Å². The van der Waals surface area contributed by atoms with Crippen molar-refractivity contribution in [2.45, 2.75) is 6.54 Å². The van der Waals surface area contributed by atoms with Crippen molar-refractivity contribution >= 4 is 17.8 Å². The van der Waals surface area contributed by atoms with Gasteiger partial charge in [0.1, 0.15) is 5.69 Å². The SMILES string of the molecule is NC(=O)c1ccc(CN=CC=C(N)c2cccc(-c3ccccc3)c2)cn1. The number of hydrogen-bond acceptors (Lipinski definition) is 4. The predicted molar refractivity (Wildman–Crippen MR) is 109 cm³/mol. The number of nitrogens with two attached hydrogens (primary N) is 2. The van der Waals surface area contributed by atoms with Crippen LogP contribution in [0.15, 0.2) is 84.0 Å². The average Bonchev–Trinajstić information content (AvgIpc) is 2.72. The Morgan fingerprint density at radius 3 is 2.44 bits per heavy atom. The number of primary amides is 1. The second-order valence-corrected chi connectivity index (χ2v) is 5.97. The molecule has 0 saturated heterocycles. The van der Waals surface area contributed by atoms with E-state index in [9.17, 15) is 4.79 Å². The van der Waals surface area contributed by atoms with Gasteiger partial charge in [-0.25, -0.2) is 0 Å². The molecule has 5 nitrogen and oxygen atoms in total. The fraction of sp³-hybridized carbons (Fsp3) is 0.0455. The molecule has 3 rings (SSSR count). The summed E-state index contributed by atoms with van der Waals surface area (Å²) in [7, 11) is 0. The first-order valence-corrected chi connectivity index (χ1v) is 8.49. The van der Waals surface area contributed by atoms with E-state index in [1.165, 1.54) is 0 Å². The van der Waals surface area contributed by atoms with Gasteiger partial charge in [0, 0.05) is 18.1 Å². The van der Waals surface area contributed by atoms with Gasteiger partial charge in [-0.1, -0.05) is 54.6 Å². The lowest BCUT2D eigenvalue weighted by atomic mass is 10.0. The second-order valence-electron chi connectivity index (χ2n) is 5.97. The largest absolute Gasteiger partial charge is 0.398 e. The van der Waals surface area contributed by atoms with Crippen LogP contribution in [-0.2, 0) is 6.54 Å². The molecule has 0 bridgehead atoms. The highest BCUT2D eigenvalue weighted by Gasteiger charge is 2.01. The zero-order valence-corrected chi connectivity index (χ0v) is 14.7. The molecule has 0 spiro atoms. The van der Waals surface area contributed by atoms with Crippen molar-refractivity contribution in [2.75, 3.05) is 0 Å². The minimum Gasteiger partial charge on any atom is -0.398 e. The number of allylic oxidation sites excluding steroid dienone is 1. The van der Waals surface area contributed by atoms with E-state index in [-0.39, 0.29) is 5.69 Å². The van der Waals surface area contributed by atoms with Gasteiger partial charge in [-0.2, -0.15) is 0 Å². The van der Waals surface area contributed by atoms with Gasteiger partial charge in [0.25, 0.3) is 5.91 Å². The highest BCUT2D eigenvalue weighted by atomic mass is 16.1. The third-order valence-electron chi connectivity index (χ3n) is 4.01. The Hall–Kier alpha value is -3.73. The lowest BCUT2D eigenvalue weighted by Gasteiger charge is -2.05. The van der Waals surface area contributed by atoms with E-state index >= 15 is 0 Å². The maximum absolute atomic E-state index is 11.0. The Balaban J connectivity index is 1.67. The van der Waals surface area contributed by atoms with Crippen LogP contribution in [-0.4, -0.2) is 17.1 Å². The molecule has 5 heteroatoms. The number of carbonyl (C=O) groups excluding carboxylic acids is 1. The number of carbonyl (C=O) groups is 1. The Morgan fingerprint density at radius 1 is 0.963 bits per heavy atom. The van der Waals surface area contributed by atoms with E-state index in [0.29, 0.717) is 12.2 Å². The molecule has 0 aliphatic rings. The molecule has 0 radical (unpaired) electrons. The molecule has 27 heavy (non-hydrogen) atoms. The van der Waals surface area contributed by atoms with Crippen LogP contribution in [0.5, 0.6) is 0 Å². The van der Waals surface area contributed by atoms with Gasteiger partial charge in [-0.05, 0) is 40.5 Å². The Morgan fingerprint density at radius 2 is 1.74 bits per heavy atom. The molecule has 0 aliphatic carbocycles. The summed E-state index contributed by atoms with van der Waals surface area (Å²) in [6.07, 6.45) is 5.04. The average molecular weight is 356 g/mol. The highest BCUT2D eigenvalue weighted by Crippen LogP contribution is 2.21. The zero-order chi connectivity index (χ0) is 19.1. The van der Waals surface area contributed by atoms with Gasteiger partial charge < -0.3 is 11.5 Å². The topological polar surface area (TPSA) is 94.4 Å². The van der Waals surface area contributed by atoms with E-state index in [2.05, 4.69) is 34.2 Å². The molecule has 1 amide bonds. The minimum atomic E-state index is -0.543. The van der Waals surface area contributed by atoms with Crippen LogP contribution in [0.4, 0.5) is 0 Å². The molecular formula is C22H20N4O. The lowest BCUT2D eigenvalue weighted by molar-refractivity contribution is 0.0995. The lowest BCUT2D eigenvalue weighted by Crippen LogP contribution is -2.12. The smallest absolute Gasteiger partial charge is 0.267 e. The second kappa shape index (κ2) is 8.58. The summed E-state index contributed by atoms with van der Waals surface area (Å²) in [4.78, 5) is 19.3. The van der Waals surface area contributed by atoms with Crippen LogP contribution in [0, 0.1) is 0 Å². The fourth-order valence-electron chi connectivity index (χ4n) is 2.56. The van der Waals surface area contributed by atoms with E-state index in [0.717, 1.165) is 22.3 Å². The number of hydrogen-bond donors (Lipinski definition) is 2. The number of pyridine rings is 1. The molecule has 4 N–H and O–H groups in total. The third kappa shape index (κ3) is 4.89. The maximum atomic E-state index is 11.0. The summed E-state index contributed by atoms with van der Waals surface area (Å²) in [6.45, 7) is 0.444. The van der Waals surface area contributed by atoms with E-state index in [1.54, 1.807) is 30.6 Å². The van der Waals surface area contributed by atoms with Gasteiger partial charge in [0.2, 0.25) is 0 Å². The molecule has 2 aromatic carbocycles. The van der Waals surface area contributed by atoms with Crippen molar-refractivity contribution in [1.29, 1.82) is 0 Å². The molecule has 0 atom stereocenters. The van der Waals surface area contributed by atoms with Gasteiger partial charge in [0.05, 0.1) is 6.54 Å². The fourth-order valence-corrected chi connectivity index (χ4v) is 2.56. The van der Waals surface area contributed by atoms with Crippen molar-refractivity contribution in [3.63, 3.8) is 0 Å². The minimum absolute atomic E-state index is 0.241. The van der Waals surface area contributed by atoms with E-state index in [4.69, 9.17) is 11.5 Å². The molecule has 0 aliphatic heterocycles. The Kier molecular flexibility index (Phi) is 5.74. The zero-order valence-electron chi connectivity index (χ0n) is 14.7. The molecule has 1 aromatic heterocycles. The Bertz CT molecular complexity index is 977. The number of benzene rings is 2. The summed E-state index contributed by atoms with van der Waals surface area (Å²) in [6, 6.07) is 21.6. The third-order valence-corrected chi connectivity index (χ3v) is 4.01. The van der Waals surface area contributed by atoms with Crippen molar-refractivity contribution in [3.8, 4) is 11.1 Å². The standard InChI is InChI=1S/C22H20N4O/c23-20(11-12-25-14-16-9-10-21(22(24)27)26-15-16)19-8-4-7-18(13-19)17-5-2-1-3-6-17/h1-13,15H,14,23H2,(H2,24,27). The summed E-state index contributed by atoms with van der Waals surface area (Å²) in [5.41, 5.74) is 16.3. The molecule has 134 valence electrons. The summed E-state index contributed by atoms with van der Waals surface area (Å²) >= 11 is 0. The van der Waals surface area contributed by atoms with Crippen molar-refractivity contribution in [1.82, 2.24) is 4.98 Å². The van der Waals surface area contributed by atoms with Gasteiger partial charge in [-0.3, -0.25) is 14.8 Å². The predicted octanol–water partition coefficient (Wildman–Crippen LogP) is 3.42. The number of aliphatic imine (C=N–C) groups is 1. The maximum Gasteiger partial charge on any atom is 0.267 e. The molecule has 1 heterocycles. The molecule has 0 saturated carbocycles. The number of rotatable bonds is 6. The van der Waals surface area contributed by atoms with Crippen LogP contribution in [0.3, 0.4) is 0 Å². The monoisotopic (exact) mass is 356 g/mol. The first kappa shape index (κ1) is 18.1. The van der Waals surface area contributed by atoms with Crippen molar-refractivity contribution < 1.29 is 4.79 Å². The van der Waals surface area contributed by atoms with Crippen LogP contribution in [0.25, 0.3) is 16.8 Å². The van der Waals surface area contributed by atoms with Gasteiger partial charge >= 0.3 is 0 Å². The van der Waals surface area contributed by atoms with Crippen LogP contribution in [0.1, 0.15) is 21.6 Å². The highest BCUT2D eigenvalue weighted by molar-refractivity contribution is 5.90. The van der Waals surface area contributed by atoms with Crippen LogP contribution in [0.2, 0.25) is 0 Å². The molecular weight excluding hydrogens is 336 g/mol. The summed E-state index contributed by atoms with van der Waals surface area (Å²) < 4.78 is 0. The van der Waals surface area contributed by atoms with Crippen molar-refractivity contribution in [3.05, 3.63) is 95.8 Å². The molecule has 3 aromatic rings. The van der Waals surface area contributed by atoms with Crippen LogP contribution >= 0.6 is 0 Å². The van der Waals surface area contributed by atoms with E-state index < -0.39 is 5.91 Å². The number of nitrogens with zero attached hydrogens (tertiary/aromatic N) is 2. The molecule has 0 unspecified atom stereocenters. The summed E-state index contributed by atoms with van der Waals surface area (Å²) in [5.74, 6) is -0.543. The van der Waals surface area contributed by atoms with Crippen molar-refractivity contribution in [2.24, 2.45) is 16.5 Å². The van der Waals surface area contributed by atoms with Gasteiger partial charge in [-0.15, -0.1) is 0 Å². The number of amides is 1. The normalized spacial score (nSPS) is 11.6. The first-order valence-electron chi connectivity index (χ1n) is 8.49. The number of aromatic nitrogens is 1. The molecule has 0 fully saturated rings. The Labute approximate surface area is 158 Å². The van der Waals surface area contributed by atoms with E-state index in [1.807, 2.05) is 30.3 Å². The van der Waals surface area contributed by atoms with Gasteiger partial charge in [0.15, 0.2) is 0 Å². The first-order chi connectivity index (χ1) is 13.1.